The topological polar surface area (TPSA) is 53.0 Å². The molecule has 1 atom stereocenters. The van der Waals surface area contributed by atoms with E-state index in [4.69, 9.17) is 4.74 Å². The van der Waals surface area contributed by atoms with E-state index >= 15 is 0 Å². The predicted molar refractivity (Wildman–Crippen MR) is 97.5 cm³/mol. The van der Waals surface area contributed by atoms with Gasteiger partial charge in [0.25, 0.3) is 0 Å². The van der Waals surface area contributed by atoms with Gasteiger partial charge in [-0.05, 0) is 56.5 Å². The van der Waals surface area contributed by atoms with Crippen LogP contribution in [0.5, 0.6) is 5.75 Å². The van der Waals surface area contributed by atoms with Gasteiger partial charge in [-0.3, -0.25) is 4.79 Å². The third-order valence-electron chi connectivity index (χ3n) is 5.56. The molecule has 2 aliphatic heterocycles. The summed E-state index contributed by atoms with van der Waals surface area (Å²) in [7, 11) is 0. The van der Waals surface area contributed by atoms with Crippen molar-refractivity contribution in [3.63, 3.8) is 0 Å². The number of aliphatic hydroxyl groups excluding tert-OH is 1. The molecular weight excluding hydrogens is 335 g/mol. The third kappa shape index (κ3) is 4.95. The minimum Gasteiger partial charge on any atom is -0.494 e. The van der Waals surface area contributed by atoms with E-state index in [0.717, 1.165) is 51.9 Å². The number of β-amino-alcohol motifs (C(OH)–C–C–N with tert-alkyl or cyclic N) is 1. The Balaban J connectivity index is 1.44. The average Bonchev–Trinajstić information content (AvgIpc) is 2.64. The van der Waals surface area contributed by atoms with Gasteiger partial charge in [0.2, 0.25) is 5.91 Å². The highest BCUT2D eigenvalue weighted by Gasteiger charge is 2.41. The number of hydrogen-bond acceptors (Lipinski definition) is 4. The number of aliphatic hydroxyl groups is 1. The van der Waals surface area contributed by atoms with Gasteiger partial charge in [-0.1, -0.05) is 0 Å². The summed E-state index contributed by atoms with van der Waals surface area (Å²) >= 11 is 0. The Morgan fingerprint density at radius 1 is 1.15 bits per heavy atom. The van der Waals surface area contributed by atoms with Crippen LogP contribution in [0.2, 0.25) is 0 Å². The molecule has 0 bridgehead atoms. The highest BCUT2D eigenvalue weighted by Crippen LogP contribution is 2.38. The number of nitrogens with zero attached hydrogens (tertiary/aromatic N) is 2. The molecule has 1 spiro atoms. The van der Waals surface area contributed by atoms with Crippen molar-refractivity contribution in [3.05, 3.63) is 30.1 Å². The van der Waals surface area contributed by atoms with Gasteiger partial charge >= 0.3 is 0 Å². The summed E-state index contributed by atoms with van der Waals surface area (Å²) in [5, 5.41) is 9.19. The molecular formula is C20H29FN2O3. The SMILES string of the molecule is O=C1CC[C@]2(CCCN(CCCOc3ccc(F)cc3)C2)CN1CCO. The van der Waals surface area contributed by atoms with Crippen LogP contribution in [0.4, 0.5) is 4.39 Å². The van der Waals surface area contributed by atoms with Gasteiger partial charge in [-0.2, -0.15) is 0 Å². The largest absolute Gasteiger partial charge is 0.494 e. The number of rotatable bonds is 7. The molecule has 2 aliphatic rings. The lowest BCUT2D eigenvalue weighted by molar-refractivity contribution is -0.140. The number of hydrogen-bond donors (Lipinski definition) is 1. The van der Waals surface area contributed by atoms with E-state index in [2.05, 4.69) is 4.90 Å². The van der Waals surface area contributed by atoms with E-state index in [9.17, 15) is 14.3 Å². The zero-order valence-electron chi connectivity index (χ0n) is 15.3. The molecule has 2 fully saturated rings. The molecule has 0 radical (unpaired) electrons. The minimum absolute atomic E-state index is 0.0340. The fourth-order valence-corrected chi connectivity index (χ4v) is 4.27. The van der Waals surface area contributed by atoms with E-state index in [0.29, 0.717) is 25.3 Å². The molecule has 2 heterocycles. The highest BCUT2D eigenvalue weighted by molar-refractivity contribution is 5.77. The van der Waals surface area contributed by atoms with E-state index in [1.807, 2.05) is 4.90 Å². The molecule has 26 heavy (non-hydrogen) atoms. The minimum atomic E-state index is -0.253. The second-order valence-corrected chi connectivity index (χ2v) is 7.57. The van der Waals surface area contributed by atoms with E-state index < -0.39 is 0 Å². The Kier molecular flexibility index (Phi) is 6.48. The number of piperidine rings is 2. The van der Waals surface area contributed by atoms with Crippen molar-refractivity contribution in [2.75, 3.05) is 45.9 Å². The van der Waals surface area contributed by atoms with Gasteiger partial charge in [0.1, 0.15) is 11.6 Å². The lowest BCUT2D eigenvalue weighted by Gasteiger charge is -2.48. The lowest BCUT2D eigenvalue weighted by atomic mass is 9.73. The summed E-state index contributed by atoms with van der Waals surface area (Å²) < 4.78 is 18.6. The zero-order valence-corrected chi connectivity index (χ0v) is 15.3. The maximum Gasteiger partial charge on any atom is 0.222 e. The van der Waals surface area contributed by atoms with E-state index in [1.165, 1.54) is 12.1 Å². The molecule has 1 N–H and O–H groups in total. The molecule has 0 saturated carbocycles. The van der Waals surface area contributed by atoms with E-state index in [-0.39, 0.29) is 23.7 Å². The van der Waals surface area contributed by atoms with Gasteiger partial charge in [0, 0.05) is 38.0 Å². The zero-order chi connectivity index (χ0) is 18.4. The van der Waals surface area contributed by atoms with Crippen molar-refractivity contribution in [3.8, 4) is 5.75 Å². The second kappa shape index (κ2) is 8.82. The summed E-state index contributed by atoms with van der Waals surface area (Å²) in [5.74, 6) is 0.624. The van der Waals surface area contributed by atoms with Crippen molar-refractivity contribution >= 4 is 5.91 Å². The van der Waals surface area contributed by atoms with Crippen molar-refractivity contribution in [2.45, 2.75) is 32.1 Å². The van der Waals surface area contributed by atoms with E-state index in [1.54, 1.807) is 12.1 Å². The summed E-state index contributed by atoms with van der Waals surface area (Å²) in [6, 6.07) is 6.12. The van der Waals surface area contributed by atoms with Crippen LogP contribution in [-0.2, 0) is 4.79 Å². The maximum absolute atomic E-state index is 12.9. The number of carbonyl (C=O) groups excluding carboxylic acids is 1. The maximum atomic E-state index is 12.9. The summed E-state index contributed by atoms with van der Waals surface area (Å²) in [5.41, 5.74) is 0.180. The molecule has 144 valence electrons. The molecule has 6 heteroatoms. The van der Waals surface area contributed by atoms with Crippen molar-refractivity contribution in [1.82, 2.24) is 9.80 Å². The van der Waals surface area contributed by atoms with Crippen LogP contribution in [0, 0.1) is 11.2 Å². The summed E-state index contributed by atoms with van der Waals surface area (Å²) in [6.07, 6.45) is 4.79. The van der Waals surface area contributed by atoms with Gasteiger partial charge in [-0.15, -0.1) is 0 Å². The van der Waals surface area contributed by atoms with Crippen molar-refractivity contribution < 1.29 is 19.0 Å². The smallest absolute Gasteiger partial charge is 0.222 e. The van der Waals surface area contributed by atoms with Crippen LogP contribution in [0.25, 0.3) is 0 Å². The Morgan fingerprint density at radius 3 is 2.73 bits per heavy atom. The summed E-state index contributed by atoms with van der Waals surface area (Å²) in [6.45, 7) is 4.94. The molecule has 0 aliphatic carbocycles. The first-order valence-corrected chi connectivity index (χ1v) is 9.60. The number of likely N-dealkylation sites (tertiary alicyclic amines) is 2. The number of ether oxygens (including phenoxy) is 1. The Morgan fingerprint density at radius 2 is 1.96 bits per heavy atom. The van der Waals surface area contributed by atoms with Crippen molar-refractivity contribution in [1.29, 1.82) is 0 Å². The van der Waals surface area contributed by atoms with Crippen LogP contribution in [0.1, 0.15) is 32.1 Å². The monoisotopic (exact) mass is 364 g/mol. The molecule has 1 aromatic rings. The number of halogens is 1. The van der Waals surface area contributed by atoms with Gasteiger partial charge in [0.15, 0.2) is 0 Å². The molecule has 1 amide bonds. The van der Waals surface area contributed by atoms with Gasteiger partial charge < -0.3 is 19.6 Å². The Hall–Kier alpha value is -1.66. The number of carbonyl (C=O) groups is 1. The standard InChI is InChI=1S/C20H29FN2O3/c21-17-3-5-18(6-4-17)26-14-2-11-22-10-1-8-20(15-22)9-7-19(25)23(16-20)12-13-24/h3-6,24H,1-2,7-16H2/t20-/m0/s1. The van der Waals surface area contributed by atoms with Crippen LogP contribution in [0.3, 0.4) is 0 Å². The number of amides is 1. The normalized spacial score (nSPS) is 24.2. The summed E-state index contributed by atoms with van der Waals surface area (Å²) in [4.78, 5) is 16.3. The van der Waals surface area contributed by atoms with Crippen LogP contribution in [0.15, 0.2) is 24.3 Å². The molecule has 2 saturated heterocycles. The molecule has 1 aromatic carbocycles. The quantitative estimate of drug-likeness (QED) is 0.755. The van der Waals surface area contributed by atoms with Gasteiger partial charge in [-0.25, -0.2) is 4.39 Å². The van der Waals surface area contributed by atoms with Crippen LogP contribution >= 0.6 is 0 Å². The highest BCUT2D eigenvalue weighted by atomic mass is 19.1. The first-order chi connectivity index (χ1) is 12.6. The van der Waals surface area contributed by atoms with Gasteiger partial charge in [0.05, 0.1) is 13.2 Å². The molecule has 3 rings (SSSR count). The average molecular weight is 364 g/mol. The Labute approximate surface area is 154 Å². The fourth-order valence-electron chi connectivity index (χ4n) is 4.27. The predicted octanol–water partition coefficient (Wildman–Crippen LogP) is 2.29. The van der Waals surface area contributed by atoms with Crippen LogP contribution in [-0.4, -0.2) is 66.8 Å². The molecule has 0 unspecified atom stereocenters. The van der Waals surface area contributed by atoms with Crippen LogP contribution < -0.4 is 4.74 Å². The second-order valence-electron chi connectivity index (χ2n) is 7.57. The third-order valence-corrected chi connectivity index (χ3v) is 5.56. The first-order valence-electron chi connectivity index (χ1n) is 9.60. The molecule has 5 nitrogen and oxygen atoms in total. The Bertz CT molecular complexity index is 595. The van der Waals surface area contributed by atoms with Crippen molar-refractivity contribution in [2.24, 2.45) is 5.41 Å². The fraction of sp³-hybridized carbons (Fsp3) is 0.650. The number of benzene rings is 1. The lowest BCUT2D eigenvalue weighted by Crippen LogP contribution is -2.54. The molecule has 0 aromatic heterocycles. The first kappa shape index (κ1) is 19.1.